The summed E-state index contributed by atoms with van der Waals surface area (Å²) in [7, 11) is 0. The summed E-state index contributed by atoms with van der Waals surface area (Å²) >= 11 is 0. The number of hydrogen-bond acceptors (Lipinski definition) is 1. The molecule has 1 fully saturated rings. The monoisotopic (exact) mass is 294 g/mol. The van der Waals surface area contributed by atoms with Crippen LogP contribution in [0.4, 0.5) is 0 Å². The molecular weight excluding hydrogens is 268 g/mol. The summed E-state index contributed by atoms with van der Waals surface area (Å²) < 4.78 is 5.47. The van der Waals surface area contributed by atoms with Crippen LogP contribution in [0, 0.1) is 11.3 Å². The van der Waals surface area contributed by atoms with Crippen molar-refractivity contribution >= 4 is 0 Å². The lowest BCUT2D eigenvalue weighted by atomic mass is 9.55. The first-order chi connectivity index (χ1) is 10.6. The van der Waals surface area contributed by atoms with Gasteiger partial charge in [-0.2, -0.15) is 0 Å². The van der Waals surface area contributed by atoms with Gasteiger partial charge in [-0.15, -0.1) is 0 Å². The Kier molecular flexibility index (Phi) is 3.21. The molecule has 4 rings (SSSR count). The number of aryl methyl sites for hydroxylation is 1. The minimum Gasteiger partial charge on any atom is -0.466 e. The minimum atomic E-state index is 0.473. The lowest BCUT2D eigenvalue weighted by molar-refractivity contribution is 0.137. The van der Waals surface area contributed by atoms with Gasteiger partial charge in [-0.3, -0.25) is 0 Å². The highest BCUT2D eigenvalue weighted by Crippen LogP contribution is 2.61. The van der Waals surface area contributed by atoms with Crippen molar-refractivity contribution in [2.24, 2.45) is 11.3 Å². The van der Waals surface area contributed by atoms with Gasteiger partial charge in [0.25, 0.3) is 0 Å². The van der Waals surface area contributed by atoms with Crippen LogP contribution in [0.5, 0.6) is 5.75 Å². The summed E-state index contributed by atoms with van der Waals surface area (Å²) in [5, 5.41) is 0. The first kappa shape index (κ1) is 14.1. The molecule has 1 saturated carbocycles. The molecule has 3 aliphatic rings. The van der Waals surface area contributed by atoms with Crippen LogP contribution in [0.2, 0.25) is 0 Å². The highest BCUT2D eigenvalue weighted by molar-refractivity contribution is 5.43. The first-order valence-corrected chi connectivity index (χ1v) is 8.73. The average molecular weight is 294 g/mol. The molecule has 1 aromatic carbocycles. The Balaban J connectivity index is 1.71. The molecule has 0 radical (unpaired) electrons. The molecule has 0 amide bonds. The third-order valence-corrected chi connectivity index (χ3v) is 6.69. The fourth-order valence-electron chi connectivity index (χ4n) is 5.62. The van der Waals surface area contributed by atoms with E-state index in [0.29, 0.717) is 5.41 Å². The summed E-state index contributed by atoms with van der Waals surface area (Å²) in [6.45, 7) is 8.58. The van der Waals surface area contributed by atoms with E-state index in [-0.39, 0.29) is 0 Å². The van der Waals surface area contributed by atoms with E-state index >= 15 is 0 Å². The minimum absolute atomic E-state index is 0.473. The van der Waals surface area contributed by atoms with Gasteiger partial charge in [-0.05, 0) is 86.0 Å². The van der Waals surface area contributed by atoms with Gasteiger partial charge >= 0.3 is 0 Å². The van der Waals surface area contributed by atoms with Gasteiger partial charge in [0, 0.05) is 0 Å². The van der Waals surface area contributed by atoms with Crippen molar-refractivity contribution in [2.75, 3.05) is 0 Å². The van der Waals surface area contributed by atoms with E-state index < -0.39 is 0 Å². The van der Waals surface area contributed by atoms with Crippen molar-refractivity contribution in [1.29, 1.82) is 0 Å². The van der Waals surface area contributed by atoms with Crippen molar-refractivity contribution in [3.8, 4) is 5.75 Å². The second kappa shape index (κ2) is 5.01. The van der Waals surface area contributed by atoms with Gasteiger partial charge in [0.2, 0.25) is 0 Å². The lowest BCUT2D eigenvalue weighted by Gasteiger charge is -2.49. The van der Waals surface area contributed by atoms with Crippen molar-refractivity contribution in [3.05, 3.63) is 53.3 Å². The predicted molar refractivity (Wildman–Crippen MR) is 91.1 cm³/mol. The number of benzene rings is 1. The topological polar surface area (TPSA) is 9.23 Å². The number of rotatable bonds is 2. The molecule has 1 heteroatoms. The zero-order valence-corrected chi connectivity index (χ0v) is 13.8. The van der Waals surface area contributed by atoms with E-state index in [1.54, 1.807) is 11.1 Å². The Bertz CT molecular complexity index is 654. The number of fused-ring (bicyclic) bond motifs is 5. The van der Waals surface area contributed by atoms with Crippen molar-refractivity contribution in [3.63, 3.8) is 0 Å². The molecule has 0 spiro atoms. The third kappa shape index (κ3) is 1.91. The molecule has 0 saturated heterocycles. The van der Waals surface area contributed by atoms with Crippen LogP contribution in [0.15, 0.2) is 42.2 Å². The maximum Gasteiger partial charge on any atom is 0.126 e. The quantitative estimate of drug-likeness (QED) is 0.497. The highest BCUT2D eigenvalue weighted by atomic mass is 16.5. The van der Waals surface area contributed by atoms with Crippen LogP contribution in [0.25, 0.3) is 0 Å². The molecular formula is C21H26O. The standard InChI is InChI=1S/C21H26O/c1-4-22-16-6-7-17-15(13-16)5-9-20-18(17)8-10-19-14(2)11-12-21(19,20)3/h4,6-7,13,18,20H,1,5,8-12H2,2-3H3/t18?,20?,21-/m0/s1. The molecule has 0 bridgehead atoms. The van der Waals surface area contributed by atoms with Crippen LogP contribution in [0.3, 0.4) is 0 Å². The zero-order valence-electron chi connectivity index (χ0n) is 13.8. The van der Waals surface area contributed by atoms with E-state index in [4.69, 9.17) is 4.74 Å². The zero-order chi connectivity index (χ0) is 15.3. The van der Waals surface area contributed by atoms with Crippen molar-refractivity contribution in [1.82, 2.24) is 0 Å². The third-order valence-electron chi connectivity index (χ3n) is 6.69. The molecule has 0 N–H and O–H groups in total. The second-order valence-corrected chi connectivity index (χ2v) is 7.61. The molecule has 0 aromatic heterocycles. The van der Waals surface area contributed by atoms with Gasteiger partial charge in [-0.25, -0.2) is 0 Å². The second-order valence-electron chi connectivity index (χ2n) is 7.61. The van der Waals surface area contributed by atoms with Crippen molar-refractivity contribution in [2.45, 2.75) is 58.3 Å². The smallest absolute Gasteiger partial charge is 0.126 e. The maximum atomic E-state index is 5.47. The number of allylic oxidation sites excluding steroid dienone is 2. The Morgan fingerprint density at radius 1 is 1.23 bits per heavy atom. The van der Waals surface area contributed by atoms with Gasteiger partial charge in [0.1, 0.15) is 5.75 Å². The summed E-state index contributed by atoms with van der Waals surface area (Å²) in [6.07, 6.45) is 9.41. The van der Waals surface area contributed by atoms with E-state index in [9.17, 15) is 0 Å². The molecule has 2 unspecified atom stereocenters. The van der Waals surface area contributed by atoms with Gasteiger partial charge in [0.05, 0.1) is 6.26 Å². The molecule has 1 nitrogen and oxygen atoms in total. The normalized spacial score (nSPS) is 33.0. The first-order valence-electron chi connectivity index (χ1n) is 8.73. The van der Waals surface area contributed by atoms with Gasteiger partial charge in [0.15, 0.2) is 0 Å². The molecule has 22 heavy (non-hydrogen) atoms. The molecule has 0 heterocycles. The summed E-state index contributed by atoms with van der Waals surface area (Å²) in [4.78, 5) is 0. The van der Waals surface area contributed by atoms with Crippen LogP contribution in [0.1, 0.15) is 63.0 Å². The molecule has 0 aliphatic heterocycles. The Hall–Kier alpha value is -1.50. The molecule has 3 atom stereocenters. The van der Waals surface area contributed by atoms with Crippen LogP contribution < -0.4 is 4.74 Å². The van der Waals surface area contributed by atoms with E-state index in [1.165, 1.54) is 50.4 Å². The SMILES string of the molecule is C=COc1ccc2c(c1)CCC1C2CCC2=C(C)CC[C@@]21C. The van der Waals surface area contributed by atoms with E-state index in [2.05, 4.69) is 38.6 Å². The fourth-order valence-corrected chi connectivity index (χ4v) is 5.62. The molecule has 116 valence electrons. The average Bonchev–Trinajstić information content (AvgIpc) is 2.83. The molecule has 1 aromatic rings. The Morgan fingerprint density at radius 3 is 2.91 bits per heavy atom. The van der Waals surface area contributed by atoms with Crippen LogP contribution >= 0.6 is 0 Å². The highest BCUT2D eigenvalue weighted by Gasteiger charge is 2.49. The largest absolute Gasteiger partial charge is 0.466 e. The predicted octanol–water partition coefficient (Wildman–Crippen LogP) is 5.77. The summed E-state index contributed by atoms with van der Waals surface area (Å²) in [5.74, 6) is 2.53. The van der Waals surface area contributed by atoms with E-state index in [0.717, 1.165) is 17.6 Å². The Labute approximate surface area is 134 Å². The van der Waals surface area contributed by atoms with Crippen LogP contribution in [-0.4, -0.2) is 0 Å². The fraction of sp³-hybridized carbons (Fsp3) is 0.524. The Morgan fingerprint density at radius 2 is 2.09 bits per heavy atom. The van der Waals surface area contributed by atoms with Crippen LogP contribution in [-0.2, 0) is 6.42 Å². The maximum absolute atomic E-state index is 5.47. The number of hydrogen-bond donors (Lipinski definition) is 0. The van der Waals surface area contributed by atoms with Gasteiger partial charge in [-0.1, -0.05) is 30.7 Å². The van der Waals surface area contributed by atoms with Crippen molar-refractivity contribution < 1.29 is 4.74 Å². The number of ether oxygens (including phenoxy) is 1. The summed E-state index contributed by atoms with van der Waals surface area (Å²) in [6, 6.07) is 6.68. The summed E-state index contributed by atoms with van der Waals surface area (Å²) in [5.41, 5.74) is 7.08. The lowest BCUT2D eigenvalue weighted by Crippen LogP contribution is -2.38. The van der Waals surface area contributed by atoms with E-state index in [1.807, 2.05) is 5.57 Å². The van der Waals surface area contributed by atoms with Gasteiger partial charge < -0.3 is 4.74 Å². The molecule has 3 aliphatic carbocycles.